The molecule has 7 nitrogen and oxygen atoms in total. The van der Waals surface area contributed by atoms with Gasteiger partial charge in [0, 0.05) is 37.0 Å². The molecule has 3 N–H and O–H groups in total. The summed E-state index contributed by atoms with van der Waals surface area (Å²) in [6.45, 7) is 2.60. The van der Waals surface area contributed by atoms with Crippen molar-refractivity contribution in [1.29, 1.82) is 0 Å². The predicted octanol–water partition coefficient (Wildman–Crippen LogP) is 2.44. The second-order valence-electron chi connectivity index (χ2n) is 6.61. The number of carbonyl (C=O) groups excluding carboxylic acids is 3. The molecule has 0 saturated carbocycles. The molecule has 0 aromatic heterocycles. The molecule has 7 heteroatoms. The maximum Gasteiger partial charge on any atom is 0.251 e. The minimum Gasteiger partial charge on any atom is -0.383 e. The van der Waals surface area contributed by atoms with Crippen molar-refractivity contribution in [3.63, 3.8) is 0 Å². The standard InChI is InChI=1S/C21H23N3O4/c1-13-14(20(26)22-10-11-28-2)7-5-9-17(13)24-21(27)16-12-19(25)23-18-8-4-3-6-15(16)18/h3-9,16H,10-12H2,1-2H3,(H,22,26)(H,23,25)(H,24,27). The molecule has 0 radical (unpaired) electrons. The Morgan fingerprint density at radius 2 is 1.96 bits per heavy atom. The lowest BCUT2D eigenvalue weighted by Crippen LogP contribution is -2.31. The Kier molecular flexibility index (Phi) is 6.06. The first-order valence-electron chi connectivity index (χ1n) is 9.07. The van der Waals surface area contributed by atoms with Crippen LogP contribution in [-0.4, -0.2) is 38.0 Å². The monoisotopic (exact) mass is 381 g/mol. The van der Waals surface area contributed by atoms with Gasteiger partial charge in [0.2, 0.25) is 11.8 Å². The fraction of sp³-hybridized carbons (Fsp3) is 0.286. The van der Waals surface area contributed by atoms with Crippen molar-refractivity contribution in [3.8, 4) is 0 Å². The second-order valence-corrected chi connectivity index (χ2v) is 6.61. The summed E-state index contributed by atoms with van der Waals surface area (Å²) < 4.78 is 4.93. The van der Waals surface area contributed by atoms with Crippen LogP contribution in [0.1, 0.15) is 33.8 Å². The minimum atomic E-state index is -0.580. The van der Waals surface area contributed by atoms with Gasteiger partial charge in [0.05, 0.1) is 12.5 Å². The first-order valence-corrected chi connectivity index (χ1v) is 9.07. The number of carbonyl (C=O) groups is 3. The molecule has 1 aliphatic rings. The first kappa shape index (κ1) is 19.6. The van der Waals surface area contributed by atoms with Gasteiger partial charge in [0.15, 0.2) is 0 Å². The highest BCUT2D eigenvalue weighted by Crippen LogP contribution is 2.33. The van der Waals surface area contributed by atoms with Crippen molar-refractivity contribution >= 4 is 29.1 Å². The quantitative estimate of drug-likeness (QED) is 0.670. The van der Waals surface area contributed by atoms with Gasteiger partial charge in [-0.2, -0.15) is 0 Å². The van der Waals surface area contributed by atoms with Gasteiger partial charge in [-0.3, -0.25) is 14.4 Å². The Balaban J connectivity index is 1.79. The Bertz CT molecular complexity index is 910. The van der Waals surface area contributed by atoms with Gasteiger partial charge in [-0.15, -0.1) is 0 Å². The fourth-order valence-electron chi connectivity index (χ4n) is 3.24. The zero-order valence-corrected chi connectivity index (χ0v) is 15.9. The summed E-state index contributed by atoms with van der Waals surface area (Å²) in [5.74, 6) is -1.28. The molecule has 28 heavy (non-hydrogen) atoms. The van der Waals surface area contributed by atoms with Crippen molar-refractivity contribution in [1.82, 2.24) is 5.32 Å². The normalized spacial score (nSPS) is 15.4. The van der Waals surface area contributed by atoms with Crippen LogP contribution in [0.2, 0.25) is 0 Å². The molecule has 0 aliphatic carbocycles. The van der Waals surface area contributed by atoms with Gasteiger partial charge >= 0.3 is 0 Å². The highest BCUT2D eigenvalue weighted by molar-refractivity contribution is 6.06. The molecule has 1 heterocycles. The molecule has 0 saturated heterocycles. The molecular weight excluding hydrogens is 358 g/mol. The number of para-hydroxylation sites is 1. The van der Waals surface area contributed by atoms with E-state index in [9.17, 15) is 14.4 Å². The molecule has 146 valence electrons. The molecule has 0 spiro atoms. The van der Waals surface area contributed by atoms with Gasteiger partial charge in [-0.1, -0.05) is 24.3 Å². The van der Waals surface area contributed by atoms with E-state index >= 15 is 0 Å². The fourth-order valence-corrected chi connectivity index (χ4v) is 3.24. The van der Waals surface area contributed by atoms with Crippen molar-refractivity contribution in [2.24, 2.45) is 0 Å². The van der Waals surface area contributed by atoms with E-state index in [1.807, 2.05) is 18.2 Å². The number of hydrogen-bond acceptors (Lipinski definition) is 4. The van der Waals surface area contributed by atoms with Gasteiger partial charge in [-0.25, -0.2) is 0 Å². The Labute approximate surface area is 163 Å². The lowest BCUT2D eigenvalue weighted by atomic mass is 9.89. The first-order chi connectivity index (χ1) is 13.5. The number of benzene rings is 2. The van der Waals surface area contributed by atoms with Gasteiger partial charge in [-0.05, 0) is 36.2 Å². The lowest BCUT2D eigenvalue weighted by Gasteiger charge is -2.25. The van der Waals surface area contributed by atoms with Crippen LogP contribution in [0.15, 0.2) is 42.5 Å². The van der Waals surface area contributed by atoms with Crippen LogP contribution < -0.4 is 16.0 Å². The Morgan fingerprint density at radius 1 is 1.18 bits per heavy atom. The van der Waals surface area contributed by atoms with E-state index in [4.69, 9.17) is 4.74 Å². The molecule has 3 rings (SSSR count). The molecule has 1 unspecified atom stereocenters. The lowest BCUT2D eigenvalue weighted by molar-refractivity contribution is -0.123. The summed E-state index contributed by atoms with van der Waals surface area (Å²) in [6.07, 6.45) is 0.0824. The predicted molar refractivity (Wildman–Crippen MR) is 106 cm³/mol. The SMILES string of the molecule is COCCNC(=O)c1cccc(NC(=O)C2CC(=O)Nc3ccccc32)c1C. The van der Waals surface area contributed by atoms with E-state index < -0.39 is 5.92 Å². The molecule has 1 atom stereocenters. The minimum absolute atomic E-state index is 0.0824. The van der Waals surface area contributed by atoms with E-state index in [0.717, 1.165) is 5.56 Å². The highest BCUT2D eigenvalue weighted by Gasteiger charge is 2.30. The number of anilines is 2. The summed E-state index contributed by atoms with van der Waals surface area (Å²) in [5.41, 5.74) is 3.13. The topological polar surface area (TPSA) is 96.5 Å². The number of hydrogen-bond donors (Lipinski definition) is 3. The van der Waals surface area contributed by atoms with Crippen LogP contribution in [0.3, 0.4) is 0 Å². The van der Waals surface area contributed by atoms with Crippen LogP contribution in [-0.2, 0) is 14.3 Å². The van der Waals surface area contributed by atoms with E-state index in [1.54, 1.807) is 38.3 Å². The summed E-state index contributed by atoms with van der Waals surface area (Å²) in [7, 11) is 1.57. The average molecular weight is 381 g/mol. The maximum atomic E-state index is 12.9. The zero-order chi connectivity index (χ0) is 20.1. The van der Waals surface area contributed by atoms with E-state index in [0.29, 0.717) is 35.7 Å². The van der Waals surface area contributed by atoms with Crippen molar-refractivity contribution in [2.45, 2.75) is 19.3 Å². The molecular formula is C21H23N3O4. The number of rotatable bonds is 6. The van der Waals surface area contributed by atoms with Crippen molar-refractivity contribution < 1.29 is 19.1 Å². The van der Waals surface area contributed by atoms with Gasteiger partial charge < -0.3 is 20.7 Å². The molecule has 0 bridgehead atoms. The molecule has 1 aliphatic heterocycles. The van der Waals surface area contributed by atoms with Gasteiger partial charge in [0.25, 0.3) is 5.91 Å². The Hall–Kier alpha value is -3.19. The zero-order valence-electron chi connectivity index (χ0n) is 15.9. The average Bonchev–Trinajstić information content (AvgIpc) is 2.69. The van der Waals surface area contributed by atoms with Crippen LogP contribution in [0.5, 0.6) is 0 Å². The number of methoxy groups -OCH3 is 1. The van der Waals surface area contributed by atoms with E-state index in [-0.39, 0.29) is 24.1 Å². The third-order valence-electron chi connectivity index (χ3n) is 4.74. The third-order valence-corrected chi connectivity index (χ3v) is 4.74. The number of ether oxygens (including phenoxy) is 1. The summed E-state index contributed by atoms with van der Waals surface area (Å²) in [5, 5.41) is 8.44. The van der Waals surface area contributed by atoms with Gasteiger partial charge in [0.1, 0.15) is 0 Å². The van der Waals surface area contributed by atoms with E-state index in [1.165, 1.54) is 0 Å². The van der Waals surface area contributed by atoms with Crippen molar-refractivity contribution in [2.75, 3.05) is 30.9 Å². The van der Waals surface area contributed by atoms with Crippen LogP contribution >= 0.6 is 0 Å². The number of amides is 3. The summed E-state index contributed by atoms with van der Waals surface area (Å²) >= 11 is 0. The van der Waals surface area contributed by atoms with Crippen LogP contribution in [0, 0.1) is 6.92 Å². The molecule has 2 aromatic rings. The molecule has 3 amide bonds. The third kappa shape index (κ3) is 4.20. The van der Waals surface area contributed by atoms with E-state index in [2.05, 4.69) is 16.0 Å². The molecule has 0 fully saturated rings. The maximum absolute atomic E-state index is 12.9. The van der Waals surface area contributed by atoms with Crippen LogP contribution in [0.4, 0.5) is 11.4 Å². The largest absolute Gasteiger partial charge is 0.383 e. The van der Waals surface area contributed by atoms with Crippen LogP contribution in [0.25, 0.3) is 0 Å². The Morgan fingerprint density at radius 3 is 2.75 bits per heavy atom. The summed E-state index contributed by atoms with van der Waals surface area (Å²) in [4.78, 5) is 37.2. The molecule has 2 aromatic carbocycles. The number of fused-ring (bicyclic) bond motifs is 1. The highest BCUT2D eigenvalue weighted by atomic mass is 16.5. The smallest absolute Gasteiger partial charge is 0.251 e. The second kappa shape index (κ2) is 8.67. The summed E-state index contributed by atoms with van der Waals surface area (Å²) in [6, 6.07) is 12.4. The number of nitrogens with one attached hydrogen (secondary N) is 3. The van der Waals surface area contributed by atoms with Crippen molar-refractivity contribution in [3.05, 3.63) is 59.2 Å².